The van der Waals surface area contributed by atoms with Gasteiger partial charge in [-0.05, 0) is 35.2 Å². The highest BCUT2D eigenvalue weighted by Gasteiger charge is 2.07. The molecule has 0 fully saturated rings. The predicted molar refractivity (Wildman–Crippen MR) is 78.0 cm³/mol. The van der Waals surface area contributed by atoms with Crippen molar-refractivity contribution in [3.05, 3.63) is 22.4 Å². The molecule has 0 aliphatic heterocycles. The standard InChI is InChI=1S/C13H23N3OS/c1-4-14-13(15-7-11(2)9-17)16(3)8-12-5-6-18-10-12/h5-6,10-11,17H,4,7-9H2,1-3H3,(H,14,15). The second kappa shape index (κ2) is 8.11. The summed E-state index contributed by atoms with van der Waals surface area (Å²) in [5.74, 6) is 1.09. The third-order valence-electron chi connectivity index (χ3n) is 2.56. The number of aliphatic hydroxyl groups is 1. The molecule has 0 aliphatic rings. The Hall–Kier alpha value is -1.07. The second-order valence-corrected chi connectivity index (χ2v) is 5.25. The second-order valence-electron chi connectivity index (χ2n) is 4.47. The topological polar surface area (TPSA) is 47.9 Å². The van der Waals surface area contributed by atoms with E-state index in [0.717, 1.165) is 19.0 Å². The van der Waals surface area contributed by atoms with Crippen LogP contribution in [-0.4, -0.2) is 42.7 Å². The highest BCUT2D eigenvalue weighted by atomic mass is 32.1. The maximum atomic E-state index is 9.02. The summed E-state index contributed by atoms with van der Waals surface area (Å²) in [6.45, 7) is 6.57. The van der Waals surface area contributed by atoms with E-state index in [0.29, 0.717) is 6.54 Å². The van der Waals surface area contributed by atoms with Crippen LogP contribution in [0.25, 0.3) is 0 Å². The molecule has 0 radical (unpaired) electrons. The third kappa shape index (κ3) is 5.06. The first kappa shape index (κ1) is 15.0. The Morgan fingerprint density at radius 2 is 2.39 bits per heavy atom. The van der Waals surface area contributed by atoms with Gasteiger partial charge in [0.25, 0.3) is 0 Å². The summed E-state index contributed by atoms with van der Waals surface area (Å²) in [5, 5.41) is 16.5. The molecule has 4 nitrogen and oxygen atoms in total. The lowest BCUT2D eigenvalue weighted by Gasteiger charge is -2.22. The molecule has 1 rings (SSSR count). The molecule has 0 saturated heterocycles. The highest BCUT2D eigenvalue weighted by molar-refractivity contribution is 7.07. The molecule has 1 heterocycles. The quantitative estimate of drug-likeness (QED) is 0.611. The number of guanidine groups is 1. The molecule has 102 valence electrons. The Balaban J connectivity index is 2.59. The average molecular weight is 269 g/mol. The van der Waals surface area contributed by atoms with E-state index in [1.54, 1.807) is 11.3 Å². The SMILES string of the molecule is CCNC(=NCC(C)CO)N(C)Cc1ccsc1. The Morgan fingerprint density at radius 3 is 2.94 bits per heavy atom. The molecule has 1 atom stereocenters. The summed E-state index contributed by atoms with van der Waals surface area (Å²) in [6.07, 6.45) is 0. The van der Waals surface area contributed by atoms with Crippen molar-refractivity contribution in [3.8, 4) is 0 Å². The summed E-state index contributed by atoms with van der Waals surface area (Å²) in [7, 11) is 2.03. The lowest BCUT2D eigenvalue weighted by atomic mass is 10.2. The van der Waals surface area contributed by atoms with Gasteiger partial charge in [-0.2, -0.15) is 11.3 Å². The van der Waals surface area contributed by atoms with Gasteiger partial charge in [-0.15, -0.1) is 0 Å². The van der Waals surface area contributed by atoms with Crippen molar-refractivity contribution in [2.45, 2.75) is 20.4 Å². The van der Waals surface area contributed by atoms with Gasteiger partial charge in [0, 0.05) is 33.3 Å². The number of hydrogen-bond acceptors (Lipinski definition) is 3. The monoisotopic (exact) mass is 269 g/mol. The van der Waals surface area contributed by atoms with E-state index in [2.05, 4.69) is 39.0 Å². The largest absolute Gasteiger partial charge is 0.396 e. The minimum Gasteiger partial charge on any atom is -0.396 e. The molecule has 5 heteroatoms. The van der Waals surface area contributed by atoms with Crippen LogP contribution in [0.15, 0.2) is 21.8 Å². The number of nitrogens with zero attached hydrogens (tertiary/aromatic N) is 2. The van der Waals surface area contributed by atoms with Crippen LogP contribution in [0.1, 0.15) is 19.4 Å². The number of aliphatic hydroxyl groups excluding tert-OH is 1. The van der Waals surface area contributed by atoms with E-state index < -0.39 is 0 Å². The fraction of sp³-hybridized carbons (Fsp3) is 0.615. The van der Waals surface area contributed by atoms with E-state index in [1.807, 2.05) is 14.0 Å². The maximum Gasteiger partial charge on any atom is 0.193 e. The van der Waals surface area contributed by atoms with Gasteiger partial charge >= 0.3 is 0 Å². The van der Waals surface area contributed by atoms with Gasteiger partial charge in [-0.25, -0.2) is 0 Å². The van der Waals surface area contributed by atoms with Crippen LogP contribution in [0.2, 0.25) is 0 Å². The zero-order valence-electron chi connectivity index (χ0n) is 11.4. The molecule has 0 aromatic carbocycles. The van der Waals surface area contributed by atoms with E-state index >= 15 is 0 Å². The van der Waals surface area contributed by atoms with Crippen molar-refractivity contribution >= 4 is 17.3 Å². The normalized spacial score (nSPS) is 13.4. The maximum absolute atomic E-state index is 9.02. The molecule has 0 bridgehead atoms. The Labute approximate surface area is 113 Å². The molecule has 0 spiro atoms. The third-order valence-corrected chi connectivity index (χ3v) is 3.29. The van der Waals surface area contributed by atoms with Crippen molar-refractivity contribution in [3.63, 3.8) is 0 Å². The van der Waals surface area contributed by atoms with Crippen LogP contribution in [-0.2, 0) is 6.54 Å². The van der Waals surface area contributed by atoms with Gasteiger partial charge in [0.05, 0.1) is 0 Å². The first-order valence-corrected chi connectivity index (χ1v) is 7.23. The van der Waals surface area contributed by atoms with E-state index in [-0.39, 0.29) is 12.5 Å². The van der Waals surface area contributed by atoms with Crippen molar-refractivity contribution in [2.24, 2.45) is 10.9 Å². The molecular formula is C13H23N3OS. The minimum atomic E-state index is 0.178. The molecule has 1 aromatic rings. The summed E-state index contributed by atoms with van der Waals surface area (Å²) in [5.41, 5.74) is 1.29. The summed E-state index contributed by atoms with van der Waals surface area (Å²) in [6, 6.07) is 2.13. The number of hydrogen-bond donors (Lipinski definition) is 2. The van der Waals surface area contributed by atoms with Gasteiger partial charge in [-0.3, -0.25) is 4.99 Å². The van der Waals surface area contributed by atoms with Crippen molar-refractivity contribution < 1.29 is 5.11 Å². The fourth-order valence-corrected chi connectivity index (χ4v) is 2.16. The lowest BCUT2D eigenvalue weighted by Crippen LogP contribution is -2.38. The summed E-state index contributed by atoms with van der Waals surface area (Å²) >= 11 is 1.71. The number of rotatable bonds is 6. The minimum absolute atomic E-state index is 0.178. The van der Waals surface area contributed by atoms with Crippen LogP contribution in [0.4, 0.5) is 0 Å². The summed E-state index contributed by atoms with van der Waals surface area (Å²) in [4.78, 5) is 6.65. The van der Waals surface area contributed by atoms with Crippen molar-refractivity contribution in [2.75, 3.05) is 26.7 Å². The molecular weight excluding hydrogens is 246 g/mol. The molecule has 2 N–H and O–H groups in total. The average Bonchev–Trinajstić information content (AvgIpc) is 2.86. The zero-order chi connectivity index (χ0) is 13.4. The van der Waals surface area contributed by atoms with Crippen LogP contribution in [0, 0.1) is 5.92 Å². The Morgan fingerprint density at radius 1 is 1.61 bits per heavy atom. The summed E-state index contributed by atoms with van der Waals surface area (Å²) < 4.78 is 0. The molecule has 18 heavy (non-hydrogen) atoms. The van der Waals surface area contributed by atoms with Gasteiger partial charge < -0.3 is 15.3 Å². The van der Waals surface area contributed by atoms with E-state index in [9.17, 15) is 0 Å². The van der Waals surface area contributed by atoms with Crippen molar-refractivity contribution in [1.82, 2.24) is 10.2 Å². The van der Waals surface area contributed by atoms with Gasteiger partial charge in [0.2, 0.25) is 0 Å². The Kier molecular flexibility index (Phi) is 6.75. The molecule has 1 unspecified atom stereocenters. The van der Waals surface area contributed by atoms with Crippen LogP contribution in [0.5, 0.6) is 0 Å². The molecule has 0 aliphatic carbocycles. The smallest absolute Gasteiger partial charge is 0.193 e. The van der Waals surface area contributed by atoms with Crippen LogP contribution < -0.4 is 5.32 Å². The van der Waals surface area contributed by atoms with Crippen LogP contribution in [0.3, 0.4) is 0 Å². The number of thiophene rings is 1. The van der Waals surface area contributed by atoms with Gasteiger partial charge in [0.1, 0.15) is 0 Å². The number of aliphatic imine (C=N–C) groups is 1. The fourth-order valence-electron chi connectivity index (χ4n) is 1.50. The van der Waals surface area contributed by atoms with Crippen LogP contribution >= 0.6 is 11.3 Å². The number of nitrogens with one attached hydrogen (secondary N) is 1. The highest BCUT2D eigenvalue weighted by Crippen LogP contribution is 2.08. The first-order chi connectivity index (χ1) is 8.67. The van der Waals surface area contributed by atoms with E-state index in [1.165, 1.54) is 5.56 Å². The predicted octanol–water partition coefficient (Wildman–Crippen LogP) is 1.77. The molecule has 0 amide bonds. The Bertz CT molecular complexity index is 351. The van der Waals surface area contributed by atoms with Gasteiger partial charge in [0.15, 0.2) is 5.96 Å². The van der Waals surface area contributed by atoms with E-state index in [4.69, 9.17) is 5.11 Å². The molecule has 0 saturated carbocycles. The lowest BCUT2D eigenvalue weighted by molar-refractivity contribution is 0.241. The first-order valence-electron chi connectivity index (χ1n) is 6.28. The van der Waals surface area contributed by atoms with Crippen molar-refractivity contribution in [1.29, 1.82) is 0 Å². The van der Waals surface area contributed by atoms with Gasteiger partial charge in [-0.1, -0.05) is 6.92 Å². The zero-order valence-corrected chi connectivity index (χ0v) is 12.2. The molecule has 1 aromatic heterocycles.